The van der Waals surface area contributed by atoms with E-state index in [0.717, 1.165) is 10.9 Å². The molecule has 1 N–H and O–H groups in total. The Bertz CT molecular complexity index is 1290. The Balaban J connectivity index is 1.88. The fourth-order valence-corrected chi connectivity index (χ4v) is 3.29. The van der Waals surface area contributed by atoms with Gasteiger partial charge in [-0.1, -0.05) is 36.4 Å². The van der Waals surface area contributed by atoms with Crippen molar-refractivity contribution in [1.29, 1.82) is 0 Å². The molecule has 0 bridgehead atoms. The molecule has 5 aromatic rings. The highest BCUT2D eigenvalue weighted by Gasteiger charge is 2.36. The molecule has 7 heteroatoms. The van der Waals surface area contributed by atoms with Crippen molar-refractivity contribution in [3.05, 3.63) is 66.4 Å². The minimum atomic E-state index is -4.60. The van der Waals surface area contributed by atoms with E-state index in [0.29, 0.717) is 27.8 Å². The number of aromatic nitrogens is 4. The van der Waals surface area contributed by atoms with Crippen LogP contribution >= 0.6 is 0 Å². The molecule has 0 fully saturated rings. The summed E-state index contributed by atoms with van der Waals surface area (Å²) < 4.78 is 40.5. The number of halogens is 3. The van der Waals surface area contributed by atoms with Crippen molar-refractivity contribution in [2.45, 2.75) is 6.18 Å². The summed E-state index contributed by atoms with van der Waals surface area (Å²) in [6.45, 7) is 0. The number of rotatable bonds is 1. The normalized spacial score (nSPS) is 12.3. The van der Waals surface area contributed by atoms with Gasteiger partial charge in [-0.25, -0.2) is 4.98 Å². The Morgan fingerprint density at radius 2 is 1.44 bits per heavy atom. The van der Waals surface area contributed by atoms with E-state index < -0.39 is 11.9 Å². The maximum Gasteiger partial charge on any atom is 0.435 e. The van der Waals surface area contributed by atoms with E-state index in [4.69, 9.17) is 0 Å². The summed E-state index contributed by atoms with van der Waals surface area (Å²) >= 11 is 0. The Morgan fingerprint density at radius 1 is 0.778 bits per heavy atom. The predicted molar refractivity (Wildman–Crippen MR) is 97.1 cm³/mol. The lowest BCUT2D eigenvalue weighted by Gasteiger charge is -2.11. The number of aromatic amines is 1. The zero-order chi connectivity index (χ0) is 18.6. The molecule has 132 valence electrons. The smallest absolute Gasteiger partial charge is 0.337 e. The molecule has 27 heavy (non-hydrogen) atoms. The van der Waals surface area contributed by atoms with Gasteiger partial charge in [0.15, 0.2) is 11.5 Å². The lowest BCUT2D eigenvalue weighted by atomic mass is 10.0. The Hall–Kier alpha value is -3.48. The molecule has 5 rings (SSSR count). The van der Waals surface area contributed by atoms with E-state index in [2.05, 4.69) is 20.2 Å². The third kappa shape index (κ3) is 2.51. The number of nitrogens with one attached hydrogen (secondary N) is 1. The van der Waals surface area contributed by atoms with Gasteiger partial charge in [0.25, 0.3) is 0 Å². The van der Waals surface area contributed by atoms with Gasteiger partial charge in [-0.05, 0) is 35.0 Å². The van der Waals surface area contributed by atoms with Gasteiger partial charge < -0.3 is 4.98 Å². The summed E-state index contributed by atoms with van der Waals surface area (Å²) in [7, 11) is 0. The molecule has 0 radical (unpaired) electrons. The first-order valence-electron chi connectivity index (χ1n) is 8.22. The molecular formula is C20H11F3N4. The van der Waals surface area contributed by atoms with Crippen LogP contribution in [0.15, 0.2) is 60.7 Å². The van der Waals surface area contributed by atoms with Crippen LogP contribution in [0.4, 0.5) is 13.2 Å². The number of fused-ring (bicyclic) bond motifs is 3. The standard InChI is InChI=1S/C20H11F3N4/c21-20(22,23)18-14-10-12-6-2-1-5-11(12)9-13(14)17(26-27-18)19-24-15-7-3-4-8-16(15)25-19/h1-10H,(H,24,25). The van der Waals surface area contributed by atoms with E-state index in [9.17, 15) is 13.2 Å². The molecule has 4 nitrogen and oxygen atoms in total. The van der Waals surface area contributed by atoms with Crippen LogP contribution in [0.1, 0.15) is 5.69 Å². The first kappa shape index (κ1) is 15.7. The number of hydrogen-bond donors (Lipinski definition) is 1. The molecule has 0 aliphatic carbocycles. The van der Waals surface area contributed by atoms with E-state index >= 15 is 0 Å². The fraction of sp³-hybridized carbons (Fsp3) is 0.0500. The second-order valence-corrected chi connectivity index (χ2v) is 6.24. The second kappa shape index (κ2) is 5.51. The Kier molecular flexibility index (Phi) is 3.21. The van der Waals surface area contributed by atoms with Gasteiger partial charge in [-0.2, -0.15) is 13.2 Å². The monoisotopic (exact) mass is 364 g/mol. The van der Waals surface area contributed by atoms with Crippen LogP contribution in [0.25, 0.3) is 44.1 Å². The Morgan fingerprint density at radius 3 is 2.15 bits per heavy atom. The van der Waals surface area contributed by atoms with E-state index in [1.807, 2.05) is 36.4 Å². The number of imidazole rings is 1. The summed E-state index contributed by atoms with van der Waals surface area (Å²) in [5.74, 6) is 0.387. The van der Waals surface area contributed by atoms with Gasteiger partial charge in [0, 0.05) is 10.8 Å². The minimum absolute atomic E-state index is 0.00616. The van der Waals surface area contributed by atoms with Crippen LogP contribution in [0.2, 0.25) is 0 Å². The molecule has 3 aromatic carbocycles. The zero-order valence-electron chi connectivity index (χ0n) is 13.7. The molecule has 2 heterocycles. The zero-order valence-corrected chi connectivity index (χ0v) is 13.7. The lowest BCUT2D eigenvalue weighted by molar-refractivity contribution is -0.140. The van der Waals surface area contributed by atoms with E-state index in [-0.39, 0.29) is 5.39 Å². The molecule has 0 aliphatic heterocycles. The van der Waals surface area contributed by atoms with Crippen molar-refractivity contribution >= 4 is 32.6 Å². The van der Waals surface area contributed by atoms with Crippen molar-refractivity contribution in [3.8, 4) is 11.5 Å². The van der Waals surface area contributed by atoms with Gasteiger partial charge in [0.1, 0.15) is 5.69 Å². The third-order valence-corrected chi connectivity index (χ3v) is 4.53. The first-order chi connectivity index (χ1) is 13.0. The SMILES string of the molecule is FC(F)(F)c1nnc(-c2nc3ccccc3[nH]2)c2cc3ccccc3cc12. The van der Waals surface area contributed by atoms with Crippen molar-refractivity contribution < 1.29 is 13.2 Å². The van der Waals surface area contributed by atoms with Crippen LogP contribution in [-0.4, -0.2) is 20.2 Å². The number of hydrogen-bond acceptors (Lipinski definition) is 3. The van der Waals surface area contributed by atoms with Crippen LogP contribution in [0, 0.1) is 0 Å². The van der Waals surface area contributed by atoms with Crippen LogP contribution < -0.4 is 0 Å². The molecule has 0 atom stereocenters. The van der Waals surface area contributed by atoms with E-state index in [1.165, 1.54) is 6.07 Å². The lowest BCUT2D eigenvalue weighted by Crippen LogP contribution is -2.11. The largest absolute Gasteiger partial charge is 0.435 e. The van der Waals surface area contributed by atoms with Gasteiger partial charge in [0.05, 0.1) is 11.0 Å². The minimum Gasteiger partial charge on any atom is -0.337 e. The number of para-hydroxylation sites is 2. The summed E-state index contributed by atoms with van der Waals surface area (Å²) in [5, 5.41) is 9.27. The summed E-state index contributed by atoms with van der Waals surface area (Å²) in [4.78, 5) is 7.58. The summed E-state index contributed by atoms with van der Waals surface area (Å²) in [5.41, 5.74) is 0.786. The first-order valence-corrected chi connectivity index (χ1v) is 8.22. The summed E-state index contributed by atoms with van der Waals surface area (Å²) in [6, 6.07) is 17.8. The molecule has 0 aliphatic rings. The van der Waals surface area contributed by atoms with Crippen molar-refractivity contribution in [3.63, 3.8) is 0 Å². The van der Waals surface area contributed by atoms with Crippen molar-refractivity contribution in [2.75, 3.05) is 0 Å². The number of alkyl halides is 3. The maximum absolute atomic E-state index is 13.5. The van der Waals surface area contributed by atoms with Gasteiger partial charge in [-0.15, -0.1) is 10.2 Å². The highest BCUT2D eigenvalue weighted by atomic mass is 19.4. The highest BCUT2D eigenvalue weighted by molar-refractivity contribution is 6.04. The average Bonchev–Trinajstić information content (AvgIpc) is 3.08. The quantitative estimate of drug-likeness (QED) is 0.408. The molecular weight excluding hydrogens is 353 g/mol. The van der Waals surface area contributed by atoms with Crippen molar-refractivity contribution in [2.24, 2.45) is 0 Å². The third-order valence-electron chi connectivity index (χ3n) is 4.53. The predicted octanol–water partition coefficient (Wildman–Crippen LogP) is 5.35. The number of H-pyrrole nitrogens is 1. The molecule has 0 saturated carbocycles. The average molecular weight is 364 g/mol. The number of benzene rings is 3. The van der Waals surface area contributed by atoms with Crippen molar-refractivity contribution in [1.82, 2.24) is 20.2 Å². The van der Waals surface area contributed by atoms with Gasteiger partial charge in [0.2, 0.25) is 0 Å². The van der Waals surface area contributed by atoms with E-state index in [1.54, 1.807) is 18.2 Å². The molecule has 0 amide bonds. The van der Waals surface area contributed by atoms with Gasteiger partial charge in [-0.3, -0.25) is 0 Å². The molecule has 2 aromatic heterocycles. The second-order valence-electron chi connectivity index (χ2n) is 6.24. The fourth-order valence-electron chi connectivity index (χ4n) is 3.29. The molecule has 0 unspecified atom stereocenters. The summed E-state index contributed by atoms with van der Waals surface area (Å²) in [6.07, 6.45) is -4.60. The molecule has 0 spiro atoms. The topological polar surface area (TPSA) is 54.5 Å². The number of nitrogens with zero attached hydrogens (tertiary/aromatic N) is 3. The van der Waals surface area contributed by atoms with Crippen LogP contribution in [0.3, 0.4) is 0 Å². The van der Waals surface area contributed by atoms with Crippen LogP contribution in [-0.2, 0) is 6.18 Å². The Labute approximate surface area is 150 Å². The highest BCUT2D eigenvalue weighted by Crippen LogP contribution is 2.37. The van der Waals surface area contributed by atoms with Gasteiger partial charge >= 0.3 is 6.18 Å². The van der Waals surface area contributed by atoms with Crippen LogP contribution in [0.5, 0.6) is 0 Å². The molecule has 0 saturated heterocycles. The maximum atomic E-state index is 13.5.